The Kier molecular flexibility index (Phi) is 6.64. The van der Waals surface area contributed by atoms with Crippen molar-refractivity contribution in [1.29, 1.82) is 0 Å². The first kappa shape index (κ1) is 17.2. The third-order valence-corrected chi connectivity index (χ3v) is 5.66. The van der Waals surface area contributed by atoms with E-state index in [1.807, 2.05) is 12.1 Å². The number of hydrogen-bond donors (Lipinski definition) is 1. The Bertz CT molecular complexity index is 501. The number of amides is 1. The van der Waals surface area contributed by atoms with Gasteiger partial charge in [0.05, 0.1) is 5.25 Å². The Labute approximate surface area is 142 Å². The summed E-state index contributed by atoms with van der Waals surface area (Å²) >= 11 is 7.03. The number of aromatic nitrogens is 1. The molecule has 1 unspecified atom stereocenters. The average Bonchev–Trinajstić information content (AvgIpc) is 3.05. The molecule has 1 aliphatic heterocycles. The molecule has 0 saturated carbocycles. The van der Waals surface area contributed by atoms with Crippen LogP contribution < -0.4 is 5.32 Å². The minimum atomic E-state index is -0.148. The molecule has 0 bridgehead atoms. The molecule has 0 radical (unpaired) electrons. The van der Waals surface area contributed by atoms with Crippen molar-refractivity contribution in [2.45, 2.75) is 38.5 Å². The van der Waals surface area contributed by atoms with E-state index in [0.29, 0.717) is 6.54 Å². The number of likely N-dealkylation sites (tertiary alicyclic amines) is 1. The molecule has 120 valence electrons. The Hall–Kier alpha value is -1.14. The van der Waals surface area contributed by atoms with E-state index in [2.05, 4.69) is 29.0 Å². The number of nitrogens with zero attached hydrogens (tertiary/aromatic N) is 2. The summed E-state index contributed by atoms with van der Waals surface area (Å²) in [6.07, 6.45) is 5.89. The largest absolute Gasteiger partial charge is 0.358 e. The normalized spacial score (nSPS) is 15.9. The molecule has 1 atom stereocenters. The summed E-state index contributed by atoms with van der Waals surface area (Å²) in [5, 5.41) is 2.85. The van der Waals surface area contributed by atoms with Crippen molar-refractivity contribution in [3.8, 4) is 0 Å². The molecule has 0 aromatic carbocycles. The monoisotopic (exact) mass is 337 g/mol. The van der Waals surface area contributed by atoms with E-state index in [0.717, 1.165) is 23.0 Å². The Morgan fingerprint density at radius 3 is 2.77 bits per heavy atom. The maximum absolute atomic E-state index is 12.5. The van der Waals surface area contributed by atoms with Crippen LogP contribution in [0.15, 0.2) is 24.5 Å². The van der Waals surface area contributed by atoms with Crippen LogP contribution in [0.1, 0.15) is 32.3 Å². The second kappa shape index (κ2) is 8.48. The molecule has 1 aliphatic rings. The highest BCUT2D eigenvalue weighted by atomic mass is 32.2. The molecular formula is C16H23N3OS2. The summed E-state index contributed by atoms with van der Waals surface area (Å²) in [7, 11) is 0. The van der Waals surface area contributed by atoms with Crippen molar-refractivity contribution in [3.05, 3.63) is 30.1 Å². The molecule has 2 rings (SSSR count). The number of pyridine rings is 1. The summed E-state index contributed by atoms with van der Waals surface area (Å²) in [5.74, 6) is 0.282. The fraction of sp³-hybridized carbons (Fsp3) is 0.562. The van der Waals surface area contributed by atoms with Gasteiger partial charge in [0.25, 0.3) is 0 Å². The molecular weight excluding hydrogens is 314 g/mol. The molecule has 2 heterocycles. The maximum atomic E-state index is 12.5. The molecule has 1 aromatic heterocycles. The standard InChI is InChI=1S/C16H23N3OS2/c1-12(2)14(22-16(21)19-8-3-4-9-19)15(20)18-11-13-6-5-7-17-10-13/h5-7,10,12,14H,3-4,8-9,11H2,1-2H3,(H,18,20). The lowest BCUT2D eigenvalue weighted by Crippen LogP contribution is -2.38. The van der Waals surface area contributed by atoms with Crippen LogP contribution in [0.3, 0.4) is 0 Å². The van der Waals surface area contributed by atoms with E-state index < -0.39 is 0 Å². The number of rotatable bonds is 5. The Morgan fingerprint density at radius 2 is 2.18 bits per heavy atom. The lowest BCUT2D eigenvalue weighted by atomic mass is 10.1. The summed E-state index contributed by atoms with van der Waals surface area (Å²) < 4.78 is 0.854. The van der Waals surface area contributed by atoms with Crippen LogP contribution in [0, 0.1) is 5.92 Å². The fourth-order valence-electron chi connectivity index (χ4n) is 2.37. The smallest absolute Gasteiger partial charge is 0.234 e. The zero-order valence-electron chi connectivity index (χ0n) is 13.1. The van der Waals surface area contributed by atoms with Gasteiger partial charge in [-0.15, -0.1) is 0 Å². The second-order valence-corrected chi connectivity index (χ2v) is 7.60. The van der Waals surface area contributed by atoms with Crippen LogP contribution in [0.4, 0.5) is 0 Å². The minimum absolute atomic E-state index is 0.0467. The first-order valence-corrected chi connectivity index (χ1v) is 8.99. The topological polar surface area (TPSA) is 45.2 Å². The van der Waals surface area contributed by atoms with Crippen LogP contribution in [-0.4, -0.2) is 38.5 Å². The summed E-state index contributed by atoms with van der Waals surface area (Å²) in [6, 6.07) is 3.83. The second-order valence-electron chi connectivity index (χ2n) is 5.82. The highest BCUT2D eigenvalue weighted by Gasteiger charge is 2.27. The highest BCUT2D eigenvalue weighted by molar-refractivity contribution is 8.23. The Morgan fingerprint density at radius 1 is 1.45 bits per heavy atom. The zero-order chi connectivity index (χ0) is 15.9. The number of carbonyl (C=O) groups excluding carboxylic acids is 1. The zero-order valence-corrected chi connectivity index (χ0v) is 14.8. The summed E-state index contributed by atoms with van der Waals surface area (Å²) in [4.78, 5) is 18.7. The predicted molar refractivity (Wildman–Crippen MR) is 95.7 cm³/mol. The van der Waals surface area contributed by atoms with Crippen LogP contribution in [0.5, 0.6) is 0 Å². The number of nitrogens with one attached hydrogen (secondary N) is 1. The quantitative estimate of drug-likeness (QED) is 0.837. The molecule has 22 heavy (non-hydrogen) atoms. The van der Waals surface area contributed by atoms with E-state index in [-0.39, 0.29) is 17.1 Å². The van der Waals surface area contributed by atoms with Gasteiger partial charge in [0.2, 0.25) is 5.91 Å². The van der Waals surface area contributed by atoms with Gasteiger partial charge in [0.15, 0.2) is 0 Å². The number of thioether (sulfide) groups is 1. The van der Waals surface area contributed by atoms with E-state index >= 15 is 0 Å². The molecule has 0 spiro atoms. The highest BCUT2D eigenvalue weighted by Crippen LogP contribution is 2.25. The number of thiocarbonyl (C=S) groups is 1. The van der Waals surface area contributed by atoms with Crippen molar-refractivity contribution in [1.82, 2.24) is 15.2 Å². The van der Waals surface area contributed by atoms with Crippen molar-refractivity contribution < 1.29 is 4.79 Å². The molecule has 1 N–H and O–H groups in total. The van der Waals surface area contributed by atoms with Gasteiger partial charge in [-0.3, -0.25) is 9.78 Å². The van der Waals surface area contributed by atoms with Gasteiger partial charge in [-0.1, -0.05) is 43.9 Å². The molecule has 1 saturated heterocycles. The number of carbonyl (C=O) groups is 1. The van der Waals surface area contributed by atoms with Crippen molar-refractivity contribution in [2.75, 3.05) is 13.1 Å². The Balaban J connectivity index is 1.89. The number of hydrogen-bond acceptors (Lipinski definition) is 4. The maximum Gasteiger partial charge on any atom is 0.234 e. The van der Waals surface area contributed by atoms with Crippen LogP contribution in [-0.2, 0) is 11.3 Å². The average molecular weight is 338 g/mol. The van der Waals surface area contributed by atoms with Crippen molar-refractivity contribution >= 4 is 34.2 Å². The molecule has 1 fully saturated rings. The molecule has 1 aromatic rings. The van der Waals surface area contributed by atoms with Gasteiger partial charge < -0.3 is 10.2 Å². The summed E-state index contributed by atoms with van der Waals surface area (Å²) in [5.41, 5.74) is 1.01. The van der Waals surface area contributed by atoms with Crippen LogP contribution in [0.2, 0.25) is 0 Å². The first-order valence-electron chi connectivity index (χ1n) is 7.70. The van der Waals surface area contributed by atoms with Gasteiger partial charge in [-0.05, 0) is 30.4 Å². The molecule has 6 heteroatoms. The predicted octanol–water partition coefficient (Wildman–Crippen LogP) is 2.84. The SMILES string of the molecule is CC(C)C(SC(=S)N1CCCC1)C(=O)NCc1cccnc1. The lowest BCUT2D eigenvalue weighted by Gasteiger charge is -2.24. The third kappa shape index (κ3) is 4.95. The van der Waals surface area contributed by atoms with Crippen LogP contribution in [0.25, 0.3) is 0 Å². The fourth-order valence-corrected chi connectivity index (χ4v) is 3.87. The minimum Gasteiger partial charge on any atom is -0.358 e. The van der Waals surface area contributed by atoms with Crippen molar-refractivity contribution in [2.24, 2.45) is 5.92 Å². The van der Waals surface area contributed by atoms with Gasteiger partial charge in [0, 0.05) is 32.0 Å². The van der Waals surface area contributed by atoms with Gasteiger partial charge in [-0.2, -0.15) is 0 Å². The summed E-state index contributed by atoms with van der Waals surface area (Å²) in [6.45, 7) is 6.68. The van der Waals surface area contributed by atoms with Gasteiger partial charge >= 0.3 is 0 Å². The third-order valence-electron chi connectivity index (χ3n) is 3.65. The van der Waals surface area contributed by atoms with E-state index in [9.17, 15) is 4.79 Å². The van der Waals surface area contributed by atoms with Crippen LogP contribution >= 0.6 is 24.0 Å². The van der Waals surface area contributed by atoms with Gasteiger partial charge in [0.1, 0.15) is 4.32 Å². The molecule has 0 aliphatic carbocycles. The van der Waals surface area contributed by atoms with Gasteiger partial charge in [-0.25, -0.2) is 0 Å². The van der Waals surface area contributed by atoms with E-state index in [1.165, 1.54) is 24.6 Å². The van der Waals surface area contributed by atoms with E-state index in [4.69, 9.17) is 12.2 Å². The van der Waals surface area contributed by atoms with E-state index in [1.54, 1.807) is 12.4 Å². The molecule has 1 amide bonds. The van der Waals surface area contributed by atoms with Crippen molar-refractivity contribution in [3.63, 3.8) is 0 Å². The molecule has 4 nitrogen and oxygen atoms in total. The first-order chi connectivity index (χ1) is 10.6. The lowest BCUT2D eigenvalue weighted by molar-refractivity contribution is -0.121.